The number of methoxy groups -OCH3 is 2. The van der Waals surface area contributed by atoms with Crippen molar-refractivity contribution >= 4 is 29.3 Å². The van der Waals surface area contributed by atoms with E-state index in [1.165, 1.54) is 44.6 Å². The first-order valence-corrected chi connectivity index (χ1v) is 9.77. The molecule has 0 bridgehead atoms. The van der Waals surface area contributed by atoms with Gasteiger partial charge in [0.15, 0.2) is 0 Å². The molecule has 3 rings (SSSR count). The minimum Gasteiger partial charge on any atom is -0.497 e. The summed E-state index contributed by atoms with van der Waals surface area (Å²) in [5.74, 6) is -0.161. The quantitative estimate of drug-likeness (QED) is 0.306. The van der Waals surface area contributed by atoms with Gasteiger partial charge in [0.2, 0.25) is 0 Å². The fourth-order valence-corrected chi connectivity index (χ4v) is 2.91. The van der Waals surface area contributed by atoms with Crippen LogP contribution in [0.2, 0.25) is 0 Å². The summed E-state index contributed by atoms with van der Waals surface area (Å²) < 4.78 is 10.3. The Kier molecular flexibility index (Phi) is 7.38. The normalized spacial score (nSPS) is 10.8. The summed E-state index contributed by atoms with van der Waals surface area (Å²) in [4.78, 5) is 36.3. The van der Waals surface area contributed by atoms with Crippen molar-refractivity contribution in [2.45, 2.75) is 0 Å². The summed E-state index contributed by atoms with van der Waals surface area (Å²) in [6, 6.07) is 18.9. The highest BCUT2D eigenvalue weighted by atomic mass is 16.6. The summed E-state index contributed by atoms with van der Waals surface area (Å²) in [7, 11) is 2.97. The molecule has 3 aromatic carbocycles. The van der Waals surface area contributed by atoms with Gasteiger partial charge in [-0.15, -0.1) is 0 Å². The van der Waals surface area contributed by atoms with E-state index in [1.54, 1.807) is 48.5 Å². The fourth-order valence-electron chi connectivity index (χ4n) is 2.91. The molecule has 0 fully saturated rings. The molecule has 0 atom stereocenters. The first-order valence-electron chi connectivity index (χ1n) is 9.77. The van der Waals surface area contributed by atoms with E-state index in [9.17, 15) is 19.7 Å². The summed E-state index contributed by atoms with van der Waals surface area (Å²) in [6.45, 7) is 0. The maximum Gasteiger partial charge on any atom is 0.272 e. The fraction of sp³-hybridized carbons (Fsp3) is 0.0833. The zero-order valence-corrected chi connectivity index (χ0v) is 17.9. The van der Waals surface area contributed by atoms with Crippen LogP contribution in [0.15, 0.2) is 78.5 Å². The molecule has 9 heteroatoms. The third-order valence-corrected chi connectivity index (χ3v) is 4.61. The van der Waals surface area contributed by atoms with E-state index in [-0.39, 0.29) is 16.9 Å². The number of nitrogens with one attached hydrogen (secondary N) is 2. The summed E-state index contributed by atoms with van der Waals surface area (Å²) in [5.41, 5.74) is 1.07. The third kappa shape index (κ3) is 5.95. The van der Waals surface area contributed by atoms with E-state index in [1.807, 2.05) is 0 Å². The molecular weight excluding hydrogens is 426 g/mol. The number of nitro benzene ring substituents is 1. The number of anilines is 1. The van der Waals surface area contributed by atoms with Crippen LogP contribution in [0.3, 0.4) is 0 Å². The molecule has 168 valence electrons. The minimum absolute atomic E-state index is 0.0597. The van der Waals surface area contributed by atoms with Gasteiger partial charge in [0.1, 0.15) is 17.2 Å². The van der Waals surface area contributed by atoms with Crippen LogP contribution in [0.25, 0.3) is 6.08 Å². The SMILES string of the molecule is COc1ccc(NC(=O)C(=Cc2ccc([N+](=O)[O-])cc2)NC(=O)c2ccccc2OC)cc1. The first kappa shape index (κ1) is 23.0. The molecule has 9 nitrogen and oxygen atoms in total. The molecule has 0 saturated carbocycles. The molecule has 0 aliphatic heterocycles. The topological polar surface area (TPSA) is 120 Å². The molecular formula is C24H21N3O6. The number of carbonyl (C=O) groups is 2. The molecule has 0 radical (unpaired) electrons. The van der Waals surface area contributed by atoms with Crippen molar-refractivity contribution in [3.8, 4) is 11.5 Å². The maximum absolute atomic E-state index is 13.0. The molecule has 2 N–H and O–H groups in total. The highest BCUT2D eigenvalue weighted by Crippen LogP contribution is 2.20. The van der Waals surface area contributed by atoms with Crippen molar-refractivity contribution in [2.24, 2.45) is 0 Å². The number of rotatable bonds is 8. The van der Waals surface area contributed by atoms with Crippen LogP contribution >= 0.6 is 0 Å². The summed E-state index contributed by atoms with van der Waals surface area (Å²) in [6.07, 6.45) is 1.43. The van der Waals surface area contributed by atoms with Crippen LogP contribution in [-0.2, 0) is 4.79 Å². The van der Waals surface area contributed by atoms with Gasteiger partial charge in [-0.2, -0.15) is 0 Å². The number of carbonyl (C=O) groups excluding carboxylic acids is 2. The van der Waals surface area contributed by atoms with Gasteiger partial charge in [-0.1, -0.05) is 12.1 Å². The first-order chi connectivity index (χ1) is 15.9. The highest BCUT2D eigenvalue weighted by Gasteiger charge is 2.18. The molecule has 3 aromatic rings. The highest BCUT2D eigenvalue weighted by molar-refractivity contribution is 6.11. The van der Waals surface area contributed by atoms with Gasteiger partial charge in [0.25, 0.3) is 17.5 Å². The Balaban J connectivity index is 1.91. The summed E-state index contributed by atoms with van der Waals surface area (Å²) in [5, 5.41) is 16.2. The maximum atomic E-state index is 13.0. The smallest absolute Gasteiger partial charge is 0.272 e. The van der Waals surface area contributed by atoms with E-state index < -0.39 is 16.7 Å². The van der Waals surface area contributed by atoms with Gasteiger partial charge in [-0.3, -0.25) is 19.7 Å². The summed E-state index contributed by atoms with van der Waals surface area (Å²) >= 11 is 0. The number of para-hydroxylation sites is 1. The van der Waals surface area contributed by atoms with Crippen molar-refractivity contribution in [1.29, 1.82) is 0 Å². The molecule has 0 aromatic heterocycles. The lowest BCUT2D eigenvalue weighted by atomic mass is 10.1. The standard InChI is InChI=1S/C24H21N3O6/c1-32-19-13-9-17(10-14-19)25-24(29)21(15-16-7-11-18(12-8-16)27(30)31)26-23(28)20-5-3-4-6-22(20)33-2/h3-15H,1-2H3,(H,25,29)(H,26,28). The van der Waals surface area contributed by atoms with Crippen LogP contribution in [0, 0.1) is 10.1 Å². The molecule has 0 heterocycles. The Morgan fingerprint density at radius 3 is 2.18 bits per heavy atom. The van der Waals surface area contributed by atoms with E-state index in [4.69, 9.17) is 9.47 Å². The molecule has 2 amide bonds. The van der Waals surface area contributed by atoms with E-state index in [0.717, 1.165) is 0 Å². The van der Waals surface area contributed by atoms with E-state index in [0.29, 0.717) is 22.7 Å². The molecule has 0 aliphatic rings. The van der Waals surface area contributed by atoms with Crippen LogP contribution in [0.1, 0.15) is 15.9 Å². The van der Waals surface area contributed by atoms with Gasteiger partial charge in [-0.25, -0.2) is 0 Å². The second-order valence-corrected chi connectivity index (χ2v) is 6.74. The molecule has 0 unspecified atom stereocenters. The van der Waals surface area contributed by atoms with Crippen molar-refractivity contribution < 1.29 is 24.0 Å². The Labute approximate surface area is 189 Å². The van der Waals surface area contributed by atoms with Crippen LogP contribution in [0.5, 0.6) is 11.5 Å². The van der Waals surface area contributed by atoms with Crippen LogP contribution in [0.4, 0.5) is 11.4 Å². The van der Waals surface area contributed by atoms with Crippen molar-refractivity contribution in [3.63, 3.8) is 0 Å². The largest absolute Gasteiger partial charge is 0.497 e. The van der Waals surface area contributed by atoms with E-state index >= 15 is 0 Å². The molecule has 0 saturated heterocycles. The lowest BCUT2D eigenvalue weighted by Gasteiger charge is -2.13. The Morgan fingerprint density at radius 2 is 1.58 bits per heavy atom. The Morgan fingerprint density at radius 1 is 0.909 bits per heavy atom. The lowest BCUT2D eigenvalue weighted by Crippen LogP contribution is -2.31. The minimum atomic E-state index is -0.582. The lowest BCUT2D eigenvalue weighted by molar-refractivity contribution is -0.384. The number of non-ortho nitro benzene ring substituents is 1. The van der Waals surface area contributed by atoms with E-state index in [2.05, 4.69) is 10.6 Å². The monoisotopic (exact) mass is 447 g/mol. The molecule has 0 spiro atoms. The predicted octanol–water partition coefficient (Wildman–Crippen LogP) is 4.02. The van der Waals surface area contributed by atoms with Gasteiger partial charge < -0.3 is 20.1 Å². The number of nitrogens with zero attached hydrogens (tertiary/aromatic N) is 1. The van der Waals surface area contributed by atoms with Crippen molar-refractivity contribution in [2.75, 3.05) is 19.5 Å². The second kappa shape index (κ2) is 10.6. The number of ether oxygens (including phenoxy) is 2. The predicted molar refractivity (Wildman–Crippen MR) is 123 cm³/mol. The zero-order chi connectivity index (χ0) is 23.8. The van der Waals surface area contributed by atoms with Crippen molar-refractivity contribution in [3.05, 3.63) is 99.7 Å². The third-order valence-electron chi connectivity index (χ3n) is 4.61. The second-order valence-electron chi connectivity index (χ2n) is 6.74. The van der Waals surface area contributed by atoms with Crippen LogP contribution < -0.4 is 20.1 Å². The number of amides is 2. The van der Waals surface area contributed by atoms with Gasteiger partial charge in [-0.05, 0) is 60.2 Å². The Bertz CT molecular complexity index is 1190. The average Bonchev–Trinajstić information content (AvgIpc) is 2.84. The average molecular weight is 447 g/mol. The number of hydrogen-bond donors (Lipinski definition) is 2. The zero-order valence-electron chi connectivity index (χ0n) is 17.9. The number of benzene rings is 3. The van der Waals surface area contributed by atoms with Gasteiger partial charge in [0.05, 0.1) is 24.7 Å². The van der Waals surface area contributed by atoms with Gasteiger partial charge in [0, 0.05) is 17.8 Å². The number of hydrogen-bond acceptors (Lipinski definition) is 6. The van der Waals surface area contributed by atoms with Crippen LogP contribution in [-0.4, -0.2) is 31.0 Å². The van der Waals surface area contributed by atoms with Gasteiger partial charge >= 0.3 is 0 Å². The molecule has 33 heavy (non-hydrogen) atoms. The molecule has 0 aliphatic carbocycles. The number of nitro groups is 1. The Hall–Kier alpha value is -4.66. The van der Waals surface area contributed by atoms with Crippen molar-refractivity contribution in [1.82, 2.24) is 5.32 Å².